The highest BCUT2D eigenvalue weighted by atomic mass is 19.1. The molecule has 5 nitrogen and oxygen atoms in total. The average molecular weight is 356 g/mol. The fraction of sp³-hybridized carbons (Fsp3) is 0.0526. The first-order chi connectivity index (χ1) is 12.5. The third-order valence-electron chi connectivity index (χ3n) is 3.50. The Bertz CT molecular complexity index is 953. The van der Waals surface area contributed by atoms with E-state index in [9.17, 15) is 13.6 Å². The molecule has 0 radical (unpaired) electrons. The molecule has 0 atom stereocenters. The third-order valence-corrected chi connectivity index (χ3v) is 3.50. The van der Waals surface area contributed by atoms with Crippen LogP contribution in [0.4, 0.5) is 8.78 Å². The number of amides is 1. The van der Waals surface area contributed by atoms with E-state index in [1.165, 1.54) is 0 Å². The summed E-state index contributed by atoms with van der Waals surface area (Å²) in [6.07, 6.45) is 3.62. The van der Waals surface area contributed by atoms with E-state index < -0.39 is 23.1 Å². The molecular weight excluding hydrogens is 342 g/mol. The molecule has 0 unspecified atom stereocenters. The molecule has 1 heterocycles. The van der Waals surface area contributed by atoms with Crippen LogP contribution >= 0.6 is 0 Å². The molecule has 3 aromatic rings. The van der Waals surface area contributed by atoms with Crippen molar-refractivity contribution in [3.8, 4) is 5.75 Å². The van der Waals surface area contributed by atoms with Gasteiger partial charge in [0, 0.05) is 6.07 Å². The first kappa shape index (κ1) is 17.3. The molecule has 132 valence electrons. The summed E-state index contributed by atoms with van der Waals surface area (Å²) < 4.78 is 37.9. The Balaban J connectivity index is 1.68. The lowest BCUT2D eigenvalue weighted by atomic mass is 10.1. The predicted octanol–water partition coefficient (Wildman–Crippen LogP) is 3.80. The molecule has 0 fully saturated rings. The summed E-state index contributed by atoms with van der Waals surface area (Å²) in [7, 11) is 0. The van der Waals surface area contributed by atoms with E-state index in [4.69, 9.17) is 15.0 Å². The Morgan fingerprint density at radius 3 is 2.65 bits per heavy atom. The predicted molar refractivity (Wildman–Crippen MR) is 91.1 cm³/mol. The number of primary amides is 1. The number of nitrogens with two attached hydrogens (primary N) is 1. The van der Waals surface area contributed by atoms with Crippen LogP contribution in [0, 0.1) is 11.6 Å². The van der Waals surface area contributed by atoms with E-state index in [0.29, 0.717) is 11.5 Å². The number of hydrogen-bond acceptors (Lipinski definition) is 4. The van der Waals surface area contributed by atoms with Crippen molar-refractivity contribution < 1.29 is 22.8 Å². The van der Waals surface area contributed by atoms with Gasteiger partial charge < -0.3 is 15.0 Å². The molecule has 1 amide bonds. The van der Waals surface area contributed by atoms with Crippen LogP contribution in [0.5, 0.6) is 5.75 Å². The monoisotopic (exact) mass is 356 g/mol. The number of hydrogen-bond donors (Lipinski definition) is 1. The highest BCUT2D eigenvalue weighted by Crippen LogP contribution is 2.24. The molecule has 0 spiro atoms. The number of ether oxygens (including phenoxy) is 1. The first-order valence-corrected chi connectivity index (χ1v) is 7.64. The molecule has 26 heavy (non-hydrogen) atoms. The number of rotatable bonds is 6. The number of nitrogens with zero attached hydrogens (tertiary/aromatic N) is 1. The number of benzene rings is 2. The minimum atomic E-state index is -1.21. The largest absolute Gasteiger partial charge is 0.482 e. The zero-order chi connectivity index (χ0) is 18.5. The van der Waals surface area contributed by atoms with Gasteiger partial charge in [0.05, 0.1) is 0 Å². The highest BCUT2D eigenvalue weighted by Gasteiger charge is 2.19. The van der Waals surface area contributed by atoms with Gasteiger partial charge in [-0.1, -0.05) is 41.6 Å². The fourth-order valence-electron chi connectivity index (χ4n) is 2.24. The van der Waals surface area contributed by atoms with Crippen LogP contribution in [-0.4, -0.2) is 11.1 Å². The van der Waals surface area contributed by atoms with Crippen molar-refractivity contribution in [1.29, 1.82) is 0 Å². The normalized spacial score (nSPS) is 11.0. The molecule has 2 aromatic carbocycles. The Labute approximate surface area is 147 Å². The van der Waals surface area contributed by atoms with Gasteiger partial charge in [0.2, 0.25) is 0 Å². The number of carbonyl (C=O) groups excluding carboxylic acids is 1. The third kappa shape index (κ3) is 3.94. The van der Waals surface area contributed by atoms with Crippen LogP contribution in [0.25, 0.3) is 12.2 Å². The lowest BCUT2D eigenvalue weighted by Gasteiger charge is -2.08. The van der Waals surface area contributed by atoms with E-state index >= 15 is 0 Å². The lowest BCUT2D eigenvalue weighted by Crippen LogP contribution is -2.16. The Kier molecular flexibility index (Phi) is 5.07. The summed E-state index contributed by atoms with van der Waals surface area (Å²) in [5.41, 5.74) is 5.69. The molecule has 0 aliphatic carbocycles. The average Bonchev–Trinajstić information content (AvgIpc) is 3.08. The lowest BCUT2D eigenvalue weighted by molar-refractivity contribution is 0.0991. The van der Waals surface area contributed by atoms with Gasteiger partial charge in [0.1, 0.15) is 23.7 Å². The van der Waals surface area contributed by atoms with Crippen LogP contribution < -0.4 is 10.5 Å². The standard InChI is InChI=1S/C19H14F2N2O3/c20-15-8-9-16(18(21)17(15)19(22)24)25-11-14-10-13(23-26-14)7-6-12-4-2-1-3-5-12/h1-10H,11H2,(H2,22,24)/b7-6+. The van der Waals surface area contributed by atoms with Crippen molar-refractivity contribution >= 4 is 18.1 Å². The minimum absolute atomic E-state index is 0.146. The van der Waals surface area contributed by atoms with Gasteiger partial charge in [-0.3, -0.25) is 4.79 Å². The summed E-state index contributed by atoms with van der Waals surface area (Å²) in [5.74, 6) is -3.38. The van der Waals surface area contributed by atoms with Gasteiger partial charge in [-0.25, -0.2) is 8.78 Å². The van der Waals surface area contributed by atoms with Crippen molar-refractivity contribution in [1.82, 2.24) is 5.16 Å². The van der Waals surface area contributed by atoms with Crippen molar-refractivity contribution in [3.05, 3.63) is 82.7 Å². The van der Waals surface area contributed by atoms with Gasteiger partial charge in [-0.2, -0.15) is 0 Å². The maximum absolute atomic E-state index is 14.1. The van der Waals surface area contributed by atoms with Crippen molar-refractivity contribution in [2.24, 2.45) is 5.73 Å². The van der Waals surface area contributed by atoms with Gasteiger partial charge in [0.25, 0.3) is 5.91 Å². The van der Waals surface area contributed by atoms with Crippen LogP contribution in [0.3, 0.4) is 0 Å². The van der Waals surface area contributed by atoms with E-state index in [-0.39, 0.29) is 12.4 Å². The maximum atomic E-state index is 14.1. The fourth-order valence-corrected chi connectivity index (χ4v) is 2.24. The van der Waals surface area contributed by atoms with E-state index in [1.54, 1.807) is 12.1 Å². The molecular formula is C19H14F2N2O3. The number of aromatic nitrogens is 1. The molecule has 1 aromatic heterocycles. The zero-order valence-corrected chi connectivity index (χ0v) is 13.5. The van der Waals surface area contributed by atoms with Crippen LogP contribution in [0.2, 0.25) is 0 Å². The highest BCUT2D eigenvalue weighted by molar-refractivity contribution is 5.93. The van der Waals surface area contributed by atoms with Crippen molar-refractivity contribution in [3.63, 3.8) is 0 Å². The maximum Gasteiger partial charge on any atom is 0.254 e. The SMILES string of the molecule is NC(=O)c1c(F)ccc(OCc2cc(/C=C/c3ccccc3)no2)c1F. The summed E-state index contributed by atoms with van der Waals surface area (Å²) in [6, 6.07) is 13.2. The van der Waals surface area contributed by atoms with E-state index in [2.05, 4.69) is 5.16 Å². The molecule has 7 heteroatoms. The molecule has 0 aliphatic rings. The van der Waals surface area contributed by atoms with Crippen LogP contribution in [-0.2, 0) is 6.61 Å². The van der Waals surface area contributed by atoms with Crippen LogP contribution in [0.1, 0.15) is 27.4 Å². The number of carbonyl (C=O) groups is 1. The second kappa shape index (κ2) is 7.60. The quantitative estimate of drug-likeness (QED) is 0.729. The Morgan fingerprint density at radius 1 is 1.15 bits per heavy atom. The van der Waals surface area contributed by atoms with Crippen LogP contribution in [0.15, 0.2) is 53.1 Å². The Morgan fingerprint density at radius 2 is 1.92 bits per heavy atom. The molecule has 3 rings (SSSR count). The van der Waals surface area contributed by atoms with E-state index in [0.717, 1.165) is 17.7 Å². The summed E-state index contributed by atoms with van der Waals surface area (Å²) in [6.45, 7) is -0.146. The Hall–Kier alpha value is -3.48. The number of halogens is 2. The van der Waals surface area contributed by atoms with Gasteiger partial charge in [0.15, 0.2) is 17.3 Å². The molecule has 0 aliphatic heterocycles. The van der Waals surface area contributed by atoms with Gasteiger partial charge in [-0.05, 0) is 23.8 Å². The summed E-state index contributed by atoms with van der Waals surface area (Å²) in [5, 5.41) is 3.86. The molecule has 2 N–H and O–H groups in total. The topological polar surface area (TPSA) is 78.4 Å². The van der Waals surface area contributed by atoms with E-state index in [1.807, 2.05) is 36.4 Å². The summed E-state index contributed by atoms with van der Waals surface area (Å²) in [4.78, 5) is 11.1. The first-order valence-electron chi connectivity index (χ1n) is 7.64. The van der Waals surface area contributed by atoms with Crippen molar-refractivity contribution in [2.75, 3.05) is 0 Å². The molecule has 0 saturated heterocycles. The second-order valence-corrected chi connectivity index (χ2v) is 5.35. The van der Waals surface area contributed by atoms with Gasteiger partial charge >= 0.3 is 0 Å². The van der Waals surface area contributed by atoms with Gasteiger partial charge in [-0.15, -0.1) is 0 Å². The molecule has 0 saturated carbocycles. The minimum Gasteiger partial charge on any atom is -0.482 e. The second-order valence-electron chi connectivity index (χ2n) is 5.35. The smallest absolute Gasteiger partial charge is 0.254 e. The summed E-state index contributed by atoms with van der Waals surface area (Å²) >= 11 is 0. The van der Waals surface area contributed by atoms with Crippen molar-refractivity contribution in [2.45, 2.75) is 6.61 Å². The zero-order valence-electron chi connectivity index (χ0n) is 13.5. The molecule has 0 bridgehead atoms.